The first-order valence-electron chi connectivity index (χ1n) is 11.7. The lowest BCUT2D eigenvalue weighted by molar-refractivity contribution is 0.721. The maximum atomic E-state index is 5.01. The quantitative estimate of drug-likeness (QED) is 0.223. The Balaban J connectivity index is 1.75. The van der Waals surface area contributed by atoms with E-state index in [-0.39, 0.29) is 0 Å². The first-order chi connectivity index (χ1) is 16.3. The van der Waals surface area contributed by atoms with E-state index in [1.54, 1.807) is 0 Å². The average Bonchev–Trinajstić information content (AvgIpc) is 2.86. The standard InChI is InChI=1S/C29H28N4/c1-2-3-12-19-30-25-21-29-27(20-26(25)31-22-13-6-4-7-14-22)32-24-17-10-11-18-28(24)33(29)23-15-8-5-9-16-23/h4-11,13-18,20-21,31H,2-3,12,19H2,1H3. The van der Waals surface area contributed by atoms with Crippen LogP contribution in [0.4, 0.5) is 11.4 Å². The first kappa shape index (κ1) is 21.0. The summed E-state index contributed by atoms with van der Waals surface area (Å²) in [7, 11) is 0. The largest absolute Gasteiger partial charge is 0.354 e. The second-order valence-electron chi connectivity index (χ2n) is 8.21. The summed E-state index contributed by atoms with van der Waals surface area (Å²) in [6.07, 6.45) is 3.47. The van der Waals surface area contributed by atoms with Crippen molar-refractivity contribution in [2.75, 3.05) is 11.9 Å². The third-order valence-electron chi connectivity index (χ3n) is 5.81. The number of anilines is 2. The Bertz CT molecular complexity index is 1390. The van der Waals surface area contributed by atoms with E-state index in [4.69, 9.17) is 9.98 Å². The molecule has 3 aromatic carbocycles. The van der Waals surface area contributed by atoms with Crippen LogP contribution in [0.3, 0.4) is 0 Å². The van der Waals surface area contributed by atoms with Crippen LogP contribution in [0, 0.1) is 0 Å². The van der Waals surface area contributed by atoms with Crippen molar-refractivity contribution in [3.63, 3.8) is 0 Å². The number of aromatic nitrogens is 2. The number of para-hydroxylation sites is 4. The topological polar surface area (TPSA) is 42.2 Å². The van der Waals surface area contributed by atoms with Gasteiger partial charge < -0.3 is 9.88 Å². The summed E-state index contributed by atoms with van der Waals surface area (Å²) < 4.78 is 2.29. The number of nitrogens with one attached hydrogen (secondary N) is 1. The fraction of sp³-hybridized carbons (Fsp3) is 0.172. The normalized spacial score (nSPS) is 11.8. The van der Waals surface area contributed by atoms with Gasteiger partial charge in [0.05, 0.1) is 33.5 Å². The minimum Gasteiger partial charge on any atom is -0.354 e. The third kappa shape index (κ3) is 4.51. The Morgan fingerprint density at radius 2 is 1.55 bits per heavy atom. The number of hydrogen-bond acceptors (Lipinski definition) is 3. The highest BCUT2D eigenvalue weighted by Gasteiger charge is 2.16. The fourth-order valence-electron chi connectivity index (χ4n) is 4.17. The molecule has 164 valence electrons. The molecule has 0 spiro atoms. The Labute approximate surface area is 194 Å². The van der Waals surface area contributed by atoms with Crippen molar-refractivity contribution in [1.82, 2.24) is 9.55 Å². The maximum Gasteiger partial charge on any atom is 0.0900 e. The van der Waals surface area contributed by atoms with Crippen molar-refractivity contribution >= 4 is 22.4 Å². The molecule has 5 rings (SSSR count). The van der Waals surface area contributed by atoms with Crippen LogP contribution in [0.25, 0.3) is 28.1 Å². The number of hydrogen-bond donors (Lipinski definition) is 1. The maximum absolute atomic E-state index is 5.01. The number of unbranched alkanes of at least 4 members (excludes halogenated alkanes) is 2. The molecule has 4 nitrogen and oxygen atoms in total. The molecule has 4 heteroatoms. The van der Waals surface area contributed by atoms with Gasteiger partial charge in [0.15, 0.2) is 0 Å². The second-order valence-corrected chi connectivity index (χ2v) is 8.21. The van der Waals surface area contributed by atoms with E-state index in [1.165, 1.54) is 12.8 Å². The molecule has 0 amide bonds. The highest BCUT2D eigenvalue weighted by molar-refractivity contribution is 5.84. The summed E-state index contributed by atoms with van der Waals surface area (Å²) >= 11 is 0. The van der Waals surface area contributed by atoms with Crippen molar-refractivity contribution < 1.29 is 0 Å². The molecule has 2 aliphatic rings. The Hall–Kier alpha value is -3.92. The Kier molecular flexibility index (Phi) is 6.16. The SMILES string of the molecule is CCCCCN=c1cc2n(-c3ccccc3)c3ccccc3nc-2cc1Nc1ccccc1. The average molecular weight is 433 g/mol. The predicted octanol–water partition coefficient (Wildman–Crippen LogP) is 6.96. The zero-order valence-electron chi connectivity index (χ0n) is 18.9. The minimum atomic E-state index is 0.815. The van der Waals surface area contributed by atoms with Crippen LogP contribution >= 0.6 is 0 Å². The lowest BCUT2D eigenvalue weighted by Gasteiger charge is -2.20. The number of nitrogens with zero attached hydrogens (tertiary/aromatic N) is 3. The van der Waals surface area contributed by atoms with E-state index in [0.717, 1.165) is 57.8 Å². The van der Waals surface area contributed by atoms with Gasteiger partial charge in [-0.25, -0.2) is 4.98 Å². The molecule has 1 aliphatic heterocycles. The van der Waals surface area contributed by atoms with Gasteiger partial charge in [0.1, 0.15) is 0 Å². The van der Waals surface area contributed by atoms with Crippen molar-refractivity contribution in [2.45, 2.75) is 26.2 Å². The highest BCUT2D eigenvalue weighted by Crippen LogP contribution is 2.30. The molecule has 1 N–H and O–H groups in total. The minimum absolute atomic E-state index is 0.815. The van der Waals surface area contributed by atoms with Crippen LogP contribution in [0.5, 0.6) is 0 Å². The van der Waals surface area contributed by atoms with E-state index >= 15 is 0 Å². The van der Waals surface area contributed by atoms with Crippen molar-refractivity contribution in [2.24, 2.45) is 4.99 Å². The number of rotatable bonds is 7. The van der Waals surface area contributed by atoms with Gasteiger partial charge in [0, 0.05) is 17.9 Å². The van der Waals surface area contributed by atoms with Crippen molar-refractivity contribution in [1.29, 1.82) is 0 Å². The summed E-state index contributed by atoms with van der Waals surface area (Å²) in [6.45, 7) is 3.03. The molecule has 3 aromatic rings. The van der Waals surface area contributed by atoms with E-state index in [1.807, 2.05) is 30.3 Å². The van der Waals surface area contributed by atoms with Crippen LogP contribution in [0.15, 0.2) is 102 Å². The number of benzene rings is 4. The van der Waals surface area contributed by atoms with E-state index < -0.39 is 0 Å². The molecule has 1 aliphatic carbocycles. The zero-order chi connectivity index (χ0) is 22.5. The van der Waals surface area contributed by atoms with Gasteiger partial charge in [-0.1, -0.05) is 68.3 Å². The molecule has 0 fully saturated rings. The first-order valence-corrected chi connectivity index (χ1v) is 11.7. The smallest absolute Gasteiger partial charge is 0.0900 e. The van der Waals surface area contributed by atoms with Gasteiger partial charge in [0.2, 0.25) is 0 Å². The van der Waals surface area contributed by atoms with Crippen LogP contribution in [0.2, 0.25) is 0 Å². The summed E-state index contributed by atoms with van der Waals surface area (Å²) in [6, 6.07) is 33.3. The molecule has 0 bridgehead atoms. The van der Waals surface area contributed by atoms with Gasteiger partial charge in [-0.2, -0.15) is 0 Å². The van der Waals surface area contributed by atoms with Crippen LogP contribution in [-0.2, 0) is 0 Å². The molecule has 0 aromatic heterocycles. The molecule has 1 heterocycles. The van der Waals surface area contributed by atoms with Crippen molar-refractivity contribution in [3.8, 4) is 17.1 Å². The van der Waals surface area contributed by atoms with Gasteiger partial charge in [-0.15, -0.1) is 0 Å². The highest BCUT2D eigenvalue weighted by atomic mass is 15.0. The summed E-state index contributed by atoms with van der Waals surface area (Å²) in [5.74, 6) is 0. The second kappa shape index (κ2) is 9.70. The van der Waals surface area contributed by atoms with Gasteiger partial charge in [0.25, 0.3) is 0 Å². The summed E-state index contributed by atoms with van der Waals surface area (Å²) in [5.41, 5.74) is 7.16. The number of fused-ring (bicyclic) bond motifs is 2. The Morgan fingerprint density at radius 1 is 0.818 bits per heavy atom. The van der Waals surface area contributed by atoms with Gasteiger partial charge in [-0.05, 0) is 55.0 Å². The molecule has 0 atom stereocenters. The predicted molar refractivity (Wildman–Crippen MR) is 137 cm³/mol. The van der Waals surface area contributed by atoms with Gasteiger partial charge >= 0.3 is 0 Å². The van der Waals surface area contributed by atoms with E-state index in [2.05, 4.69) is 83.5 Å². The van der Waals surface area contributed by atoms with E-state index in [9.17, 15) is 0 Å². The van der Waals surface area contributed by atoms with Crippen LogP contribution in [0.1, 0.15) is 26.2 Å². The van der Waals surface area contributed by atoms with Crippen LogP contribution in [-0.4, -0.2) is 16.1 Å². The van der Waals surface area contributed by atoms with Crippen molar-refractivity contribution in [3.05, 3.63) is 102 Å². The molecular weight excluding hydrogens is 404 g/mol. The summed E-state index contributed by atoms with van der Waals surface area (Å²) in [4.78, 5) is 10.0. The molecule has 33 heavy (non-hydrogen) atoms. The van der Waals surface area contributed by atoms with E-state index in [0.29, 0.717) is 0 Å². The molecule has 0 saturated carbocycles. The molecule has 0 saturated heterocycles. The zero-order valence-corrected chi connectivity index (χ0v) is 18.9. The monoisotopic (exact) mass is 432 g/mol. The fourth-order valence-corrected chi connectivity index (χ4v) is 4.17. The Morgan fingerprint density at radius 3 is 2.33 bits per heavy atom. The molecule has 0 radical (unpaired) electrons. The molecular formula is C29H28N4. The van der Waals surface area contributed by atoms with Gasteiger partial charge in [-0.3, -0.25) is 4.99 Å². The van der Waals surface area contributed by atoms with Crippen LogP contribution < -0.4 is 10.7 Å². The molecule has 0 unspecified atom stereocenters. The third-order valence-corrected chi connectivity index (χ3v) is 5.81. The lowest BCUT2D eigenvalue weighted by Crippen LogP contribution is -2.15. The summed E-state index contributed by atoms with van der Waals surface area (Å²) in [5, 5.41) is 4.53. The lowest BCUT2D eigenvalue weighted by atomic mass is 10.1.